The first kappa shape index (κ1) is 19.4. The molecular formula is C22H31N3O2+2. The van der Waals surface area contributed by atoms with Gasteiger partial charge in [-0.25, -0.2) is 0 Å². The second-order valence-electron chi connectivity index (χ2n) is 7.52. The van der Waals surface area contributed by atoms with Crippen molar-refractivity contribution in [3.63, 3.8) is 0 Å². The van der Waals surface area contributed by atoms with Crippen molar-refractivity contribution in [3.8, 4) is 5.75 Å². The predicted octanol–water partition coefficient (Wildman–Crippen LogP) is 0.314. The van der Waals surface area contributed by atoms with Gasteiger partial charge in [-0.15, -0.1) is 0 Å². The maximum atomic E-state index is 12.6. The van der Waals surface area contributed by atoms with E-state index in [1.165, 1.54) is 16.0 Å². The van der Waals surface area contributed by atoms with E-state index < -0.39 is 0 Å². The monoisotopic (exact) mass is 369 g/mol. The third-order valence-electron chi connectivity index (χ3n) is 5.48. The van der Waals surface area contributed by atoms with Crippen LogP contribution in [0.25, 0.3) is 0 Å². The largest absolute Gasteiger partial charge is 0.497 e. The number of quaternary nitrogens is 2. The number of amides is 1. The molecule has 2 aromatic rings. The molecule has 1 heterocycles. The van der Waals surface area contributed by atoms with Crippen LogP contribution in [0.1, 0.15) is 18.1 Å². The Balaban J connectivity index is 1.50. The molecule has 27 heavy (non-hydrogen) atoms. The van der Waals surface area contributed by atoms with Crippen LogP contribution in [0, 0.1) is 6.92 Å². The normalized spacial score (nSPS) is 20.7. The van der Waals surface area contributed by atoms with Gasteiger partial charge in [0.25, 0.3) is 5.91 Å². The molecule has 3 rings (SSSR count). The molecule has 5 nitrogen and oxygen atoms in total. The van der Waals surface area contributed by atoms with Crippen molar-refractivity contribution in [2.24, 2.45) is 0 Å². The van der Waals surface area contributed by atoms with E-state index in [0.717, 1.165) is 44.2 Å². The number of rotatable bonds is 6. The molecule has 1 amide bonds. The Kier molecular flexibility index (Phi) is 6.48. The zero-order valence-corrected chi connectivity index (χ0v) is 16.5. The lowest BCUT2D eigenvalue weighted by Crippen LogP contribution is -3.29. The molecule has 3 N–H and O–H groups in total. The SMILES string of the molecule is COc1cccc(NC(=O)[C@@H](C)[NH+]2CC[NH+](Cc3cccc(C)c3)CC2)c1. The van der Waals surface area contributed by atoms with Crippen LogP contribution in [0.15, 0.2) is 48.5 Å². The van der Waals surface area contributed by atoms with Crippen molar-refractivity contribution >= 4 is 11.6 Å². The number of methoxy groups -OCH3 is 1. The van der Waals surface area contributed by atoms with Gasteiger partial charge in [-0.3, -0.25) is 4.79 Å². The van der Waals surface area contributed by atoms with Gasteiger partial charge in [-0.1, -0.05) is 35.9 Å². The van der Waals surface area contributed by atoms with Crippen molar-refractivity contribution in [2.45, 2.75) is 26.4 Å². The molecule has 0 radical (unpaired) electrons. The molecule has 0 aromatic heterocycles. The average molecular weight is 370 g/mol. The summed E-state index contributed by atoms with van der Waals surface area (Å²) in [6.07, 6.45) is 0. The summed E-state index contributed by atoms with van der Waals surface area (Å²) < 4.78 is 5.22. The molecule has 144 valence electrons. The molecule has 0 bridgehead atoms. The van der Waals surface area contributed by atoms with Crippen LogP contribution in [-0.4, -0.2) is 45.2 Å². The Morgan fingerprint density at radius 2 is 1.85 bits per heavy atom. The van der Waals surface area contributed by atoms with E-state index in [0.29, 0.717) is 0 Å². The lowest BCUT2D eigenvalue weighted by atomic mass is 10.1. The highest BCUT2D eigenvalue weighted by atomic mass is 16.5. The summed E-state index contributed by atoms with van der Waals surface area (Å²) in [6, 6.07) is 16.2. The smallest absolute Gasteiger partial charge is 0.282 e. The topological polar surface area (TPSA) is 47.2 Å². The number of carbonyl (C=O) groups is 1. The van der Waals surface area contributed by atoms with Gasteiger partial charge in [0.2, 0.25) is 0 Å². The average Bonchev–Trinajstić information content (AvgIpc) is 2.68. The summed E-state index contributed by atoms with van der Waals surface area (Å²) in [6.45, 7) is 9.47. The lowest BCUT2D eigenvalue weighted by Gasteiger charge is -2.32. The van der Waals surface area contributed by atoms with Crippen molar-refractivity contribution in [3.05, 3.63) is 59.7 Å². The van der Waals surface area contributed by atoms with E-state index in [4.69, 9.17) is 4.74 Å². The van der Waals surface area contributed by atoms with Crippen LogP contribution in [0.2, 0.25) is 0 Å². The number of carbonyl (C=O) groups excluding carboxylic acids is 1. The van der Waals surface area contributed by atoms with E-state index in [-0.39, 0.29) is 11.9 Å². The van der Waals surface area contributed by atoms with Crippen LogP contribution in [0.5, 0.6) is 5.75 Å². The Hall–Kier alpha value is -2.37. The maximum Gasteiger partial charge on any atom is 0.282 e. The van der Waals surface area contributed by atoms with Crippen LogP contribution < -0.4 is 19.9 Å². The number of anilines is 1. The van der Waals surface area contributed by atoms with Crippen LogP contribution in [-0.2, 0) is 11.3 Å². The summed E-state index contributed by atoms with van der Waals surface area (Å²) in [5, 5.41) is 3.02. The van der Waals surface area contributed by atoms with Crippen molar-refractivity contribution in [2.75, 3.05) is 38.6 Å². The van der Waals surface area contributed by atoms with Gasteiger partial charge in [-0.05, 0) is 26.0 Å². The highest BCUT2D eigenvalue weighted by molar-refractivity contribution is 5.93. The molecular weight excluding hydrogens is 338 g/mol. The van der Waals surface area contributed by atoms with E-state index in [9.17, 15) is 4.79 Å². The summed E-state index contributed by atoms with van der Waals surface area (Å²) in [5.41, 5.74) is 3.51. The standard InChI is InChI=1S/C22H29N3O2/c1-17-6-4-7-19(14-17)16-24-10-12-25(13-11-24)18(2)22(26)23-20-8-5-9-21(15-20)27-3/h4-9,14-15,18H,10-13,16H2,1-3H3,(H,23,26)/p+2/t18-/m1/s1. The first-order chi connectivity index (χ1) is 13.0. The van der Waals surface area contributed by atoms with Gasteiger partial charge < -0.3 is 19.9 Å². The third kappa shape index (κ3) is 5.31. The molecule has 1 saturated heterocycles. The maximum absolute atomic E-state index is 12.6. The molecule has 5 heteroatoms. The van der Waals surface area contributed by atoms with Gasteiger partial charge >= 0.3 is 0 Å². The zero-order chi connectivity index (χ0) is 19.2. The van der Waals surface area contributed by atoms with E-state index in [2.05, 4.69) is 36.5 Å². The van der Waals surface area contributed by atoms with E-state index in [1.807, 2.05) is 31.2 Å². The van der Waals surface area contributed by atoms with Crippen LogP contribution >= 0.6 is 0 Å². The molecule has 2 aromatic carbocycles. The van der Waals surface area contributed by atoms with E-state index in [1.54, 1.807) is 12.0 Å². The van der Waals surface area contributed by atoms with Crippen LogP contribution in [0.3, 0.4) is 0 Å². The second kappa shape index (κ2) is 9.02. The fourth-order valence-electron chi connectivity index (χ4n) is 3.78. The number of piperazine rings is 1. The second-order valence-corrected chi connectivity index (χ2v) is 7.52. The molecule has 0 aliphatic carbocycles. The fraction of sp³-hybridized carbons (Fsp3) is 0.409. The lowest BCUT2D eigenvalue weighted by molar-refractivity contribution is -1.02. The number of hydrogen-bond acceptors (Lipinski definition) is 2. The van der Waals surface area contributed by atoms with Crippen LogP contribution in [0.4, 0.5) is 5.69 Å². The fourth-order valence-corrected chi connectivity index (χ4v) is 3.78. The molecule has 0 spiro atoms. The minimum atomic E-state index is -0.0586. The van der Waals surface area contributed by atoms with Gasteiger partial charge in [0.1, 0.15) is 38.5 Å². The van der Waals surface area contributed by atoms with Gasteiger partial charge in [0.15, 0.2) is 6.04 Å². The molecule has 0 saturated carbocycles. The summed E-state index contributed by atoms with van der Waals surface area (Å²) in [5.74, 6) is 0.821. The highest BCUT2D eigenvalue weighted by Gasteiger charge is 2.31. The minimum Gasteiger partial charge on any atom is -0.497 e. The van der Waals surface area contributed by atoms with Crippen molar-refractivity contribution in [1.29, 1.82) is 0 Å². The Bertz CT molecular complexity index is 770. The van der Waals surface area contributed by atoms with Crippen molar-refractivity contribution < 1.29 is 19.3 Å². The third-order valence-corrected chi connectivity index (χ3v) is 5.48. The molecule has 1 atom stereocenters. The number of aryl methyl sites for hydroxylation is 1. The Labute approximate surface area is 161 Å². The first-order valence-electron chi connectivity index (χ1n) is 9.74. The summed E-state index contributed by atoms with van der Waals surface area (Å²) in [4.78, 5) is 15.6. The first-order valence-corrected chi connectivity index (χ1v) is 9.74. The Morgan fingerprint density at radius 3 is 2.56 bits per heavy atom. The Morgan fingerprint density at radius 1 is 1.11 bits per heavy atom. The number of nitrogens with one attached hydrogen (secondary N) is 3. The molecule has 1 aliphatic heterocycles. The van der Waals surface area contributed by atoms with Gasteiger partial charge in [-0.2, -0.15) is 0 Å². The molecule has 0 unspecified atom stereocenters. The molecule has 1 aliphatic rings. The molecule has 1 fully saturated rings. The predicted molar refractivity (Wildman–Crippen MR) is 107 cm³/mol. The van der Waals surface area contributed by atoms with Gasteiger partial charge in [0.05, 0.1) is 7.11 Å². The minimum absolute atomic E-state index is 0.0586. The number of hydrogen-bond donors (Lipinski definition) is 3. The number of benzene rings is 2. The zero-order valence-electron chi connectivity index (χ0n) is 16.5. The van der Waals surface area contributed by atoms with Crippen molar-refractivity contribution in [1.82, 2.24) is 0 Å². The van der Waals surface area contributed by atoms with E-state index >= 15 is 0 Å². The highest BCUT2D eigenvalue weighted by Crippen LogP contribution is 2.16. The summed E-state index contributed by atoms with van der Waals surface area (Å²) >= 11 is 0. The summed E-state index contributed by atoms with van der Waals surface area (Å²) in [7, 11) is 1.63. The van der Waals surface area contributed by atoms with Gasteiger partial charge in [0, 0.05) is 17.3 Å². The quantitative estimate of drug-likeness (QED) is 0.687. The number of ether oxygens (including phenoxy) is 1.